The SMILES string of the molecule is Cc1cc(OCC(O)CN2CCN(c3ccccc3)CC2)nnc1C. The van der Waals surface area contributed by atoms with E-state index < -0.39 is 6.10 Å². The lowest BCUT2D eigenvalue weighted by Gasteiger charge is -2.36. The number of aromatic nitrogens is 2. The smallest absolute Gasteiger partial charge is 0.233 e. The van der Waals surface area contributed by atoms with Crippen molar-refractivity contribution < 1.29 is 9.84 Å². The van der Waals surface area contributed by atoms with E-state index in [0.717, 1.165) is 37.4 Å². The Morgan fingerprint density at radius 2 is 1.80 bits per heavy atom. The van der Waals surface area contributed by atoms with Crippen LogP contribution in [-0.4, -0.2) is 65.6 Å². The summed E-state index contributed by atoms with van der Waals surface area (Å²) in [5.41, 5.74) is 3.19. The number of rotatable bonds is 6. The molecule has 0 spiro atoms. The van der Waals surface area contributed by atoms with Crippen LogP contribution in [0, 0.1) is 13.8 Å². The zero-order chi connectivity index (χ0) is 17.6. The molecule has 2 heterocycles. The molecular weight excluding hydrogens is 316 g/mol. The number of aliphatic hydroxyl groups excluding tert-OH is 1. The van der Waals surface area contributed by atoms with Crippen LogP contribution in [-0.2, 0) is 0 Å². The average Bonchev–Trinajstić information content (AvgIpc) is 2.64. The van der Waals surface area contributed by atoms with Crippen molar-refractivity contribution in [2.45, 2.75) is 20.0 Å². The minimum absolute atomic E-state index is 0.232. The van der Waals surface area contributed by atoms with E-state index in [4.69, 9.17) is 4.74 Å². The molecule has 3 rings (SSSR count). The van der Waals surface area contributed by atoms with Crippen molar-refractivity contribution in [1.82, 2.24) is 15.1 Å². The standard InChI is InChI=1S/C19H26N4O2/c1-15-12-19(21-20-16(15)2)25-14-18(24)13-22-8-10-23(11-9-22)17-6-4-3-5-7-17/h3-7,12,18,24H,8-11,13-14H2,1-2H3. The van der Waals surface area contributed by atoms with Gasteiger partial charge in [-0.1, -0.05) is 18.2 Å². The molecule has 0 amide bonds. The van der Waals surface area contributed by atoms with Gasteiger partial charge in [0.25, 0.3) is 0 Å². The summed E-state index contributed by atoms with van der Waals surface area (Å²) in [4.78, 5) is 4.66. The summed E-state index contributed by atoms with van der Waals surface area (Å²) in [6.45, 7) is 8.55. The molecular formula is C19H26N4O2. The molecule has 1 aliphatic heterocycles. The number of anilines is 1. The molecule has 1 atom stereocenters. The number of para-hydroxylation sites is 1. The van der Waals surface area contributed by atoms with Crippen molar-refractivity contribution in [3.8, 4) is 5.88 Å². The van der Waals surface area contributed by atoms with Crippen molar-refractivity contribution in [1.29, 1.82) is 0 Å². The van der Waals surface area contributed by atoms with Crippen LogP contribution in [0.5, 0.6) is 5.88 Å². The molecule has 25 heavy (non-hydrogen) atoms. The fourth-order valence-corrected chi connectivity index (χ4v) is 2.95. The molecule has 1 fully saturated rings. The van der Waals surface area contributed by atoms with Gasteiger partial charge in [0.1, 0.15) is 12.7 Å². The van der Waals surface area contributed by atoms with Gasteiger partial charge in [0, 0.05) is 44.5 Å². The Kier molecular flexibility index (Phi) is 5.83. The lowest BCUT2D eigenvalue weighted by Crippen LogP contribution is -2.49. The maximum Gasteiger partial charge on any atom is 0.233 e. The number of nitrogens with zero attached hydrogens (tertiary/aromatic N) is 4. The second-order valence-corrected chi connectivity index (χ2v) is 6.54. The minimum atomic E-state index is -0.535. The molecule has 0 bridgehead atoms. The maximum atomic E-state index is 10.2. The predicted octanol–water partition coefficient (Wildman–Crippen LogP) is 1.66. The minimum Gasteiger partial charge on any atom is -0.474 e. The molecule has 6 nitrogen and oxygen atoms in total. The van der Waals surface area contributed by atoms with Crippen LogP contribution in [0.15, 0.2) is 36.4 Å². The molecule has 1 aromatic heterocycles. The third kappa shape index (κ3) is 4.90. The number of hydrogen-bond acceptors (Lipinski definition) is 6. The number of benzene rings is 1. The first kappa shape index (κ1) is 17.6. The van der Waals surface area contributed by atoms with Crippen LogP contribution < -0.4 is 9.64 Å². The summed E-state index contributed by atoms with van der Waals surface area (Å²) >= 11 is 0. The summed E-state index contributed by atoms with van der Waals surface area (Å²) < 4.78 is 5.57. The van der Waals surface area contributed by atoms with Crippen LogP contribution >= 0.6 is 0 Å². The van der Waals surface area contributed by atoms with Gasteiger partial charge in [0.05, 0.1) is 5.69 Å². The lowest BCUT2D eigenvalue weighted by molar-refractivity contribution is 0.0643. The van der Waals surface area contributed by atoms with Gasteiger partial charge in [-0.2, -0.15) is 5.10 Å². The zero-order valence-electron chi connectivity index (χ0n) is 14.9. The number of piperazine rings is 1. The first-order valence-corrected chi connectivity index (χ1v) is 8.76. The van der Waals surface area contributed by atoms with Crippen LogP contribution in [0.25, 0.3) is 0 Å². The predicted molar refractivity (Wildman–Crippen MR) is 98.1 cm³/mol. The fourth-order valence-electron chi connectivity index (χ4n) is 2.95. The van der Waals surface area contributed by atoms with Gasteiger partial charge in [-0.25, -0.2) is 0 Å². The number of hydrogen-bond donors (Lipinski definition) is 1. The Balaban J connectivity index is 1.41. The van der Waals surface area contributed by atoms with E-state index in [-0.39, 0.29) is 6.61 Å². The highest BCUT2D eigenvalue weighted by atomic mass is 16.5. The Morgan fingerprint density at radius 3 is 2.48 bits per heavy atom. The van der Waals surface area contributed by atoms with Crippen molar-refractivity contribution in [3.05, 3.63) is 47.7 Å². The van der Waals surface area contributed by atoms with Crippen molar-refractivity contribution in [2.75, 3.05) is 44.2 Å². The van der Waals surface area contributed by atoms with Gasteiger partial charge in [0.15, 0.2) is 0 Å². The fraction of sp³-hybridized carbons (Fsp3) is 0.474. The zero-order valence-corrected chi connectivity index (χ0v) is 14.9. The molecule has 1 aliphatic rings. The van der Waals surface area contributed by atoms with Crippen molar-refractivity contribution >= 4 is 5.69 Å². The largest absolute Gasteiger partial charge is 0.474 e. The van der Waals surface area contributed by atoms with Crippen molar-refractivity contribution in [3.63, 3.8) is 0 Å². The Bertz CT molecular complexity index is 672. The van der Waals surface area contributed by atoms with E-state index in [1.165, 1.54) is 5.69 Å². The summed E-state index contributed by atoms with van der Waals surface area (Å²) in [6, 6.07) is 12.3. The third-order valence-electron chi connectivity index (χ3n) is 4.60. The van der Waals surface area contributed by atoms with Crippen LogP contribution in [0.4, 0.5) is 5.69 Å². The number of aliphatic hydroxyl groups is 1. The molecule has 134 valence electrons. The highest BCUT2D eigenvalue weighted by molar-refractivity contribution is 5.46. The molecule has 0 aliphatic carbocycles. The highest BCUT2D eigenvalue weighted by Crippen LogP contribution is 2.16. The normalized spacial score (nSPS) is 16.7. The van der Waals surface area contributed by atoms with E-state index in [9.17, 15) is 5.11 Å². The highest BCUT2D eigenvalue weighted by Gasteiger charge is 2.19. The molecule has 1 aromatic carbocycles. The number of β-amino-alcohol motifs (C(OH)–C–C–N with tert-alkyl or cyclic N) is 1. The van der Waals surface area contributed by atoms with Gasteiger partial charge in [-0.15, -0.1) is 5.10 Å². The van der Waals surface area contributed by atoms with E-state index in [1.807, 2.05) is 26.0 Å². The molecule has 1 unspecified atom stereocenters. The van der Waals surface area contributed by atoms with Gasteiger partial charge in [-0.3, -0.25) is 4.90 Å². The molecule has 0 radical (unpaired) electrons. The van der Waals surface area contributed by atoms with Crippen LogP contribution in [0.2, 0.25) is 0 Å². The Hall–Kier alpha value is -2.18. The average molecular weight is 342 g/mol. The van der Waals surface area contributed by atoms with E-state index in [0.29, 0.717) is 12.4 Å². The molecule has 6 heteroatoms. The number of ether oxygens (including phenoxy) is 1. The second-order valence-electron chi connectivity index (χ2n) is 6.54. The van der Waals surface area contributed by atoms with Gasteiger partial charge >= 0.3 is 0 Å². The van der Waals surface area contributed by atoms with E-state index in [2.05, 4.69) is 44.3 Å². The quantitative estimate of drug-likeness (QED) is 0.861. The first-order valence-electron chi connectivity index (χ1n) is 8.76. The van der Waals surface area contributed by atoms with Gasteiger partial charge in [0.2, 0.25) is 5.88 Å². The van der Waals surface area contributed by atoms with Gasteiger partial charge in [-0.05, 0) is 31.5 Å². The molecule has 2 aromatic rings. The monoisotopic (exact) mass is 342 g/mol. The molecule has 0 saturated carbocycles. The summed E-state index contributed by atoms with van der Waals surface area (Å²) in [7, 11) is 0. The summed E-state index contributed by atoms with van der Waals surface area (Å²) in [6.07, 6.45) is -0.535. The maximum absolute atomic E-state index is 10.2. The lowest BCUT2D eigenvalue weighted by atomic mass is 10.2. The Labute approximate surface area is 149 Å². The Morgan fingerprint density at radius 1 is 1.08 bits per heavy atom. The molecule has 1 N–H and O–H groups in total. The van der Waals surface area contributed by atoms with E-state index >= 15 is 0 Å². The van der Waals surface area contributed by atoms with E-state index in [1.54, 1.807) is 0 Å². The first-order chi connectivity index (χ1) is 12.1. The van der Waals surface area contributed by atoms with Crippen LogP contribution in [0.3, 0.4) is 0 Å². The van der Waals surface area contributed by atoms with Gasteiger partial charge < -0.3 is 14.7 Å². The van der Waals surface area contributed by atoms with Crippen LogP contribution in [0.1, 0.15) is 11.3 Å². The topological polar surface area (TPSA) is 61.7 Å². The summed E-state index contributed by atoms with van der Waals surface area (Å²) in [5.74, 6) is 0.469. The summed E-state index contributed by atoms with van der Waals surface area (Å²) in [5, 5.41) is 18.3. The number of aryl methyl sites for hydroxylation is 2. The van der Waals surface area contributed by atoms with Crippen molar-refractivity contribution in [2.24, 2.45) is 0 Å². The third-order valence-corrected chi connectivity index (χ3v) is 4.60. The second kappa shape index (κ2) is 8.27. The molecule has 1 saturated heterocycles.